The maximum atomic E-state index is 5.42. The molecule has 0 atom stereocenters. The highest BCUT2D eigenvalue weighted by atomic mass is 16.7. The topological polar surface area (TPSA) is 58.1 Å². The molecule has 0 unspecified atom stereocenters. The Labute approximate surface area is 159 Å². The van der Waals surface area contributed by atoms with Crippen molar-refractivity contribution in [2.45, 2.75) is 13.1 Å². The van der Waals surface area contributed by atoms with Crippen molar-refractivity contribution in [2.24, 2.45) is 4.99 Å². The molecule has 0 radical (unpaired) electrons. The van der Waals surface area contributed by atoms with Crippen LogP contribution < -0.4 is 25.0 Å². The first kappa shape index (κ1) is 17.3. The fourth-order valence-electron chi connectivity index (χ4n) is 3.16. The summed E-state index contributed by atoms with van der Waals surface area (Å²) in [6.07, 6.45) is 4.40. The number of hydrogen-bond acceptors (Lipinski definition) is 4. The average Bonchev–Trinajstić information content (AvgIpc) is 3.40. The van der Waals surface area contributed by atoms with Gasteiger partial charge in [-0.3, -0.25) is 4.99 Å². The number of guanidine groups is 1. The molecule has 0 saturated carbocycles. The Bertz CT molecular complexity index is 838. The number of fused-ring (bicyclic) bond motifs is 1. The monoisotopic (exact) mass is 364 g/mol. The van der Waals surface area contributed by atoms with E-state index in [1.54, 1.807) is 7.05 Å². The third kappa shape index (κ3) is 4.16. The molecule has 2 aromatic carbocycles. The SMILES string of the molecule is CN=C(NCc1ccc(N2CC=CC2)cc1)NCc1ccc2c(c1)OCO2. The fraction of sp³-hybridized carbons (Fsp3) is 0.286. The predicted octanol–water partition coefficient (Wildman–Crippen LogP) is 2.66. The van der Waals surface area contributed by atoms with E-state index in [9.17, 15) is 0 Å². The van der Waals surface area contributed by atoms with Crippen molar-refractivity contribution in [3.05, 3.63) is 65.7 Å². The third-order valence-electron chi connectivity index (χ3n) is 4.70. The highest BCUT2D eigenvalue weighted by Gasteiger charge is 2.13. The van der Waals surface area contributed by atoms with Crippen LogP contribution in [-0.2, 0) is 13.1 Å². The molecular weight excluding hydrogens is 340 g/mol. The number of nitrogens with one attached hydrogen (secondary N) is 2. The lowest BCUT2D eigenvalue weighted by Crippen LogP contribution is -2.36. The maximum Gasteiger partial charge on any atom is 0.231 e. The molecule has 2 aliphatic rings. The zero-order valence-electron chi connectivity index (χ0n) is 15.4. The van der Waals surface area contributed by atoms with E-state index in [0.29, 0.717) is 13.3 Å². The van der Waals surface area contributed by atoms with E-state index >= 15 is 0 Å². The van der Waals surface area contributed by atoms with E-state index in [-0.39, 0.29) is 0 Å². The van der Waals surface area contributed by atoms with Gasteiger partial charge in [0.15, 0.2) is 17.5 Å². The Morgan fingerprint density at radius 3 is 2.33 bits per heavy atom. The van der Waals surface area contributed by atoms with Crippen molar-refractivity contribution in [2.75, 3.05) is 31.8 Å². The highest BCUT2D eigenvalue weighted by molar-refractivity contribution is 5.79. The number of hydrogen-bond donors (Lipinski definition) is 2. The van der Waals surface area contributed by atoms with Crippen LogP contribution in [0.5, 0.6) is 11.5 Å². The average molecular weight is 364 g/mol. The van der Waals surface area contributed by atoms with Crippen LogP contribution in [0.2, 0.25) is 0 Å². The molecule has 140 valence electrons. The van der Waals surface area contributed by atoms with Gasteiger partial charge in [-0.2, -0.15) is 0 Å². The van der Waals surface area contributed by atoms with Gasteiger partial charge >= 0.3 is 0 Å². The number of anilines is 1. The lowest BCUT2D eigenvalue weighted by molar-refractivity contribution is 0.174. The van der Waals surface area contributed by atoms with E-state index in [1.165, 1.54) is 11.3 Å². The lowest BCUT2D eigenvalue weighted by Gasteiger charge is -2.18. The van der Waals surface area contributed by atoms with E-state index in [4.69, 9.17) is 9.47 Å². The molecule has 2 N–H and O–H groups in total. The van der Waals surface area contributed by atoms with Crippen molar-refractivity contribution >= 4 is 11.6 Å². The van der Waals surface area contributed by atoms with Crippen LogP contribution in [0.3, 0.4) is 0 Å². The van der Waals surface area contributed by atoms with Crippen molar-refractivity contribution in [1.29, 1.82) is 0 Å². The first-order valence-electron chi connectivity index (χ1n) is 9.14. The van der Waals surface area contributed by atoms with E-state index < -0.39 is 0 Å². The van der Waals surface area contributed by atoms with Crippen molar-refractivity contribution in [3.8, 4) is 11.5 Å². The highest BCUT2D eigenvalue weighted by Crippen LogP contribution is 2.32. The molecule has 0 aliphatic carbocycles. The van der Waals surface area contributed by atoms with Crippen molar-refractivity contribution < 1.29 is 9.47 Å². The Balaban J connectivity index is 1.27. The summed E-state index contributed by atoms with van der Waals surface area (Å²) < 4.78 is 10.8. The Hall–Kier alpha value is -3.15. The minimum absolute atomic E-state index is 0.294. The van der Waals surface area contributed by atoms with E-state index in [2.05, 4.69) is 56.9 Å². The summed E-state index contributed by atoms with van der Waals surface area (Å²) in [7, 11) is 1.78. The zero-order chi connectivity index (χ0) is 18.5. The minimum Gasteiger partial charge on any atom is -0.454 e. The number of rotatable bonds is 5. The van der Waals surface area contributed by atoms with Crippen LogP contribution in [-0.4, -0.2) is 32.9 Å². The molecule has 27 heavy (non-hydrogen) atoms. The normalized spacial score (nSPS) is 15.3. The second-order valence-corrected chi connectivity index (χ2v) is 6.51. The molecule has 0 amide bonds. The maximum absolute atomic E-state index is 5.42. The summed E-state index contributed by atoms with van der Waals surface area (Å²) in [5, 5.41) is 6.68. The van der Waals surface area contributed by atoms with Crippen LogP contribution in [0, 0.1) is 0 Å². The molecular formula is C21H24N4O2. The molecule has 0 saturated heterocycles. The predicted molar refractivity (Wildman–Crippen MR) is 107 cm³/mol. The van der Waals surface area contributed by atoms with Gasteiger partial charge in [-0.1, -0.05) is 30.4 Å². The van der Waals surface area contributed by atoms with Gasteiger partial charge in [0.1, 0.15) is 0 Å². The Kier molecular flexibility index (Phi) is 5.14. The molecule has 0 fully saturated rings. The van der Waals surface area contributed by atoms with Gasteiger partial charge in [0, 0.05) is 38.9 Å². The van der Waals surface area contributed by atoms with Crippen LogP contribution in [0.1, 0.15) is 11.1 Å². The summed E-state index contributed by atoms with van der Waals surface area (Å²) in [4.78, 5) is 6.63. The molecule has 2 heterocycles. The Morgan fingerprint density at radius 1 is 0.926 bits per heavy atom. The van der Waals surface area contributed by atoms with E-state index in [0.717, 1.165) is 42.7 Å². The molecule has 0 bridgehead atoms. The first-order chi connectivity index (χ1) is 13.3. The standard InChI is InChI=1S/C21H24N4O2/c1-22-21(24-14-17-6-9-19-20(12-17)27-15-26-19)23-13-16-4-7-18(8-5-16)25-10-2-3-11-25/h2-9,12H,10-11,13-15H2,1H3,(H2,22,23,24). The smallest absolute Gasteiger partial charge is 0.231 e. The summed E-state index contributed by atoms with van der Waals surface area (Å²) in [5.74, 6) is 2.36. The minimum atomic E-state index is 0.294. The van der Waals surface area contributed by atoms with Crippen LogP contribution in [0.4, 0.5) is 5.69 Å². The first-order valence-corrected chi connectivity index (χ1v) is 9.14. The summed E-state index contributed by atoms with van der Waals surface area (Å²) in [5.41, 5.74) is 3.59. The fourth-order valence-corrected chi connectivity index (χ4v) is 3.16. The largest absolute Gasteiger partial charge is 0.454 e. The molecule has 4 rings (SSSR count). The summed E-state index contributed by atoms with van der Waals surface area (Å²) in [6.45, 7) is 3.67. The lowest BCUT2D eigenvalue weighted by atomic mass is 10.2. The number of nitrogens with zero attached hydrogens (tertiary/aromatic N) is 2. The summed E-state index contributed by atoms with van der Waals surface area (Å²) >= 11 is 0. The van der Waals surface area contributed by atoms with Crippen LogP contribution in [0.15, 0.2) is 59.6 Å². The number of benzene rings is 2. The van der Waals surface area contributed by atoms with Crippen LogP contribution >= 0.6 is 0 Å². The zero-order valence-corrected chi connectivity index (χ0v) is 15.4. The van der Waals surface area contributed by atoms with E-state index in [1.807, 2.05) is 18.2 Å². The van der Waals surface area contributed by atoms with Gasteiger partial charge in [0.2, 0.25) is 6.79 Å². The molecule has 6 heteroatoms. The Morgan fingerprint density at radius 2 is 1.59 bits per heavy atom. The molecule has 0 aromatic heterocycles. The molecule has 2 aromatic rings. The third-order valence-corrected chi connectivity index (χ3v) is 4.70. The van der Waals surface area contributed by atoms with Gasteiger partial charge in [0.25, 0.3) is 0 Å². The molecule has 2 aliphatic heterocycles. The van der Waals surface area contributed by atoms with Crippen LogP contribution in [0.25, 0.3) is 0 Å². The van der Waals surface area contributed by atoms with Gasteiger partial charge in [0.05, 0.1) is 0 Å². The molecule has 0 spiro atoms. The van der Waals surface area contributed by atoms with Gasteiger partial charge < -0.3 is 25.0 Å². The van der Waals surface area contributed by atoms with Gasteiger partial charge in [-0.05, 0) is 35.4 Å². The molecule has 6 nitrogen and oxygen atoms in total. The van der Waals surface area contributed by atoms with Crippen molar-refractivity contribution in [1.82, 2.24) is 10.6 Å². The quantitative estimate of drug-likeness (QED) is 0.485. The van der Waals surface area contributed by atoms with Crippen molar-refractivity contribution in [3.63, 3.8) is 0 Å². The number of aliphatic imine (C=N–C) groups is 1. The number of ether oxygens (including phenoxy) is 2. The summed E-state index contributed by atoms with van der Waals surface area (Å²) in [6, 6.07) is 14.6. The second kappa shape index (κ2) is 8.03. The van der Waals surface area contributed by atoms with Gasteiger partial charge in [-0.15, -0.1) is 0 Å². The van der Waals surface area contributed by atoms with Gasteiger partial charge in [-0.25, -0.2) is 0 Å². The second-order valence-electron chi connectivity index (χ2n) is 6.51.